The largest absolute Gasteiger partial charge is 0.312 e. The van der Waals surface area contributed by atoms with E-state index in [1.807, 2.05) is 38.1 Å². The summed E-state index contributed by atoms with van der Waals surface area (Å²) in [4.78, 5) is 14.0. The van der Waals surface area contributed by atoms with E-state index in [9.17, 15) is 13.2 Å². The maximum atomic E-state index is 12.9. The zero-order chi connectivity index (χ0) is 18.9. The first-order valence-electron chi connectivity index (χ1n) is 8.78. The Morgan fingerprint density at radius 1 is 1.15 bits per heavy atom. The van der Waals surface area contributed by atoms with Gasteiger partial charge in [0.2, 0.25) is 15.9 Å². The zero-order valence-corrected chi connectivity index (χ0v) is 16.2. The molecule has 0 N–H and O–H groups in total. The van der Waals surface area contributed by atoms with E-state index in [0.717, 1.165) is 22.4 Å². The molecule has 6 heteroatoms. The molecule has 0 saturated heterocycles. The number of carbonyl (C=O) groups is 1. The van der Waals surface area contributed by atoms with Crippen LogP contribution in [-0.4, -0.2) is 32.2 Å². The van der Waals surface area contributed by atoms with Crippen molar-refractivity contribution < 1.29 is 13.2 Å². The number of sulfonamides is 1. The fraction of sp³-hybridized carbons (Fsp3) is 0.350. The molecule has 3 rings (SSSR count). The molecule has 0 aromatic heterocycles. The van der Waals surface area contributed by atoms with Gasteiger partial charge in [-0.05, 0) is 42.7 Å². The lowest BCUT2D eigenvalue weighted by Crippen LogP contribution is -2.28. The topological polar surface area (TPSA) is 57.7 Å². The number of hydrogen-bond acceptors (Lipinski definition) is 3. The Bertz CT molecular complexity index is 921. The molecular formula is C20H24N2O3S. The van der Waals surface area contributed by atoms with Gasteiger partial charge >= 0.3 is 0 Å². The summed E-state index contributed by atoms with van der Waals surface area (Å²) in [6.07, 6.45) is 1.13. The van der Waals surface area contributed by atoms with Gasteiger partial charge in [-0.1, -0.05) is 36.8 Å². The minimum absolute atomic E-state index is 0.0656. The Morgan fingerprint density at radius 2 is 1.85 bits per heavy atom. The molecule has 0 aliphatic carbocycles. The molecule has 0 radical (unpaired) electrons. The summed E-state index contributed by atoms with van der Waals surface area (Å²) in [6, 6.07) is 12.9. The molecule has 5 nitrogen and oxygen atoms in total. The third kappa shape index (κ3) is 3.52. The SMILES string of the molecule is CCC(=O)N1CCc2cc(S(=O)(=O)N(C)Cc3ccc(C)cc3)ccc21. The molecule has 26 heavy (non-hydrogen) atoms. The summed E-state index contributed by atoms with van der Waals surface area (Å²) in [5.74, 6) is 0.0656. The zero-order valence-electron chi connectivity index (χ0n) is 15.4. The summed E-state index contributed by atoms with van der Waals surface area (Å²) in [5, 5.41) is 0. The van der Waals surface area contributed by atoms with Crippen LogP contribution in [0.4, 0.5) is 5.69 Å². The third-order valence-electron chi connectivity index (χ3n) is 4.78. The second-order valence-electron chi connectivity index (χ2n) is 6.69. The fourth-order valence-corrected chi connectivity index (χ4v) is 4.41. The minimum atomic E-state index is -3.58. The first-order valence-corrected chi connectivity index (χ1v) is 10.2. The standard InChI is InChI=1S/C20H24N2O3S/c1-4-20(23)22-12-11-17-13-18(9-10-19(17)22)26(24,25)21(3)14-16-7-5-15(2)6-8-16/h5-10,13H,4,11-12,14H2,1-3H3. The fourth-order valence-electron chi connectivity index (χ4n) is 3.20. The average Bonchev–Trinajstić information content (AvgIpc) is 3.06. The molecule has 0 atom stereocenters. The monoisotopic (exact) mass is 372 g/mol. The molecule has 0 fully saturated rings. The Kier molecular flexibility index (Phi) is 5.16. The predicted molar refractivity (Wildman–Crippen MR) is 103 cm³/mol. The number of hydrogen-bond donors (Lipinski definition) is 0. The number of benzene rings is 2. The van der Waals surface area contributed by atoms with Gasteiger partial charge in [-0.3, -0.25) is 4.79 Å². The first-order chi connectivity index (χ1) is 12.3. The second kappa shape index (κ2) is 7.21. The molecule has 2 aromatic carbocycles. The van der Waals surface area contributed by atoms with Gasteiger partial charge in [-0.2, -0.15) is 4.31 Å². The Hall–Kier alpha value is -2.18. The van der Waals surface area contributed by atoms with Gasteiger partial charge in [0, 0.05) is 32.2 Å². The van der Waals surface area contributed by atoms with E-state index < -0.39 is 10.0 Å². The highest BCUT2D eigenvalue weighted by atomic mass is 32.2. The van der Waals surface area contributed by atoms with E-state index in [1.165, 1.54) is 4.31 Å². The molecule has 1 heterocycles. The van der Waals surface area contributed by atoms with Gasteiger partial charge in [-0.15, -0.1) is 0 Å². The van der Waals surface area contributed by atoms with Crippen molar-refractivity contribution >= 4 is 21.6 Å². The molecule has 1 amide bonds. The summed E-state index contributed by atoms with van der Waals surface area (Å²) >= 11 is 0. The predicted octanol–water partition coefficient (Wildman–Crippen LogP) is 3.11. The van der Waals surface area contributed by atoms with Crippen molar-refractivity contribution in [2.24, 2.45) is 0 Å². The van der Waals surface area contributed by atoms with Crippen molar-refractivity contribution in [3.63, 3.8) is 0 Å². The Morgan fingerprint density at radius 3 is 2.50 bits per heavy atom. The number of nitrogens with zero attached hydrogens (tertiary/aromatic N) is 2. The van der Waals surface area contributed by atoms with Crippen molar-refractivity contribution in [1.82, 2.24) is 4.31 Å². The van der Waals surface area contributed by atoms with Gasteiger partial charge in [-0.25, -0.2) is 8.42 Å². The lowest BCUT2D eigenvalue weighted by atomic mass is 10.1. The third-order valence-corrected chi connectivity index (χ3v) is 6.58. The molecule has 1 aliphatic rings. The average molecular weight is 372 g/mol. The number of carbonyl (C=O) groups excluding carboxylic acids is 1. The van der Waals surface area contributed by atoms with Crippen molar-refractivity contribution in [3.05, 3.63) is 59.2 Å². The summed E-state index contributed by atoms with van der Waals surface area (Å²) in [7, 11) is -1.99. The second-order valence-corrected chi connectivity index (χ2v) is 8.73. The van der Waals surface area contributed by atoms with Crippen LogP contribution in [0.5, 0.6) is 0 Å². The van der Waals surface area contributed by atoms with Crippen LogP contribution in [-0.2, 0) is 27.8 Å². The van der Waals surface area contributed by atoms with Gasteiger partial charge in [0.25, 0.3) is 0 Å². The highest BCUT2D eigenvalue weighted by Gasteiger charge is 2.27. The normalized spacial score (nSPS) is 13.9. The van der Waals surface area contributed by atoms with Crippen LogP contribution >= 0.6 is 0 Å². The van der Waals surface area contributed by atoms with Crippen molar-refractivity contribution in [2.75, 3.05) is 18.5 Å². The Balaban J connectivity index is 1.83. The van der Waals surface area contributed by atoms with Crippen molar-refractivity contribution in [3.8, 4) is 0 Å². The van der Waals surface area contributed by atoms with E-state index in [-0.39, 0.29) is 10.8 Å². The van der Waals surface area contributed by atoms with Gasteiger partial charge < -0.3 is 4.90 Å². The maximum absolute atomic E-state index is 12.9. The molecule has 1 aliphatic heterocycles. The number of amides is 1. The lowest BCUT2D eigenvalue weighted by molar-refractivity contribution is -0.118. The quantitative estimate of drug-likeness (QED) is 0.810. The van der Waals surface area contributed by atoms with Crippen LogP contribution in [0, 0.1) is 6.92 Å². The van der Waals surface area contributed by atoms with Gasteiger partial charge in [0.05, 0.1) is 4.90 Å². The van der Waals surface area contributed by atoms with Crippen LogP contribution in [0.3, 0.4) is 0 Å². The van der Waals surface area contributed by atoms with Crippen LogP contribution in [0.25, 0.3) is 0 Å². The van der Waals surface area contributed by atoms with Crippen LogP contribution < -0.4 is 4.90 Å². The van der Waals surface area contributed by atoms with Crippen LogP contribution in [0.15, 0.2) is 47.4 Å². The van der Waals surface area contributed by atoms with Gasteiger partial charge in [0.1, 0.15) is 0 Å². The molecular weight excluding hydrogens is 348 g/mol. The first kappa shape index (κ1) is 18.6. The molecule has 0 saturated carbocycles. The van der Waals surface area contributed by atoms with Crippen LogP contribution in [0.2, 0.25) is 0 Å². The molecule has 2 aromatic rings. The molecule has 138 valence electrons. The number of anilines is 1. The lowest BCUT2D eigenvalue weighted by Gasteiger charge is -2.19. The molecule has 0 spiro atoms. The summed E-state index contributed by atoms with van der Waals surface area (Å²) in [6.45, 7) is 4.77. The minimum Gasteiger partial charge on any atom is -0.312 e. The van der Waals surface area contributed by atoms with E-state index in [2.05, 4.69) is 0 Å². The number of fused-ring (bicyclic) bond motifs is 1. The van der Waals surface area contributed by atoms with E-state index in [4.69, 9.17) is 0 Å². The maximum Gasteiger partial charge on any atom is 0.243 e. The summed E-state index contributed by atoms with van der Waals surface area (Å²) in [5.41, 5.74) is 3.83. The molecule has 0 bridgehead atoms. The smallest absolute Gasteiger partial charge is 0.243 e. The van der Waals surface area contributed by atoms with Crippen LogP contribution in [0.1, 0.15) is 30.0 Å². The Labute approximate surface area is 155 Å². The molecule has 0 unspecified atom stereocenters. The number of aryl methyl sites for hydroxylation is 1. The highest BCUT2D eigenvalue weighted by molar-refractivity contribution is 7.89. The van der Waals surface area contributed by atoms with Gasteiger partial charge in [0.15, 0.2) is 0 Å². The van der Waals surface area contributed by atoms with Crippen molar-refractivity contribution in [1.29, 1.82) is 0 Å². The summed E-state index contributed by atoms with van der Waals surface area (Å²) < 4.78 is 27.2. The van der Waals surface area contributed by atoms with E-state index >= 15 is 0 Å². The van der Waals surface area contributed by atoms with E-state index in [1.54, 1.807) is 30.1 Å². The highest BCUT2D eigenvalue weighted by Crippen LogP contribution is 2.31. The van der Waals surface area contributed by atoms with E-state index in [0.29, 0.717) is 25.9 Å². The van der Waals surface area contributed by atoms with Crippen molar-refractivity contribution in [2.45, 2.75) is 38.1 Å². The number of rotatable bonds is 5.